The van der Waals surface area contributed by atoms with Crippen LogP contribution in [0.15, 0.2) is 46.9 Å². The van der Waals surface area contributed by atoms with E-state index in [4.69, 9.17) is 4.42 Å². The van der Waals surface area contributed by atoms with Crippen molar-refractivity contribution < 1.29 is 4.42 Å². The van der Waals surface area contributed by atoms with Crippen molar-refractivity contribution in [3.8, 4) is 0 Å². The molecule has 0 saturated carbocycles. The molecule has 30 heavy (non-hydrogen) atoms. The zero-order chi connectivity index (χ0) is 21.6. The molecule has 2 aromatic heterocycles. The largest absolute Gasteiger partial charge is 0.461 e. The van der Waals surface area contributed by atoms with Crippen LogP contribution in [0.2, 0.25) is 0 Å². The Bertz CT molecular complexity index is 1170. The lowest BCUT2D eigenvalue weighted by molar-refractivity contribution is 0.503. The van der Waals surface area contributed by atoms with E-state index < -0.39 is 0 Å². The Morgan fingerprint density at radius 3 is 2.23 bits per heavy atom. The third-order valence-electron chi connectivity index (χ3n) is 6.24. The van der Waals surface area contributed by atoms with Gasteiger partial charge >= 0.3 is 0 Å². The van der Waals surface area contributed by atoms with Gasteiger partial charge < -0.3 is 4.42 Å². The molecule has 0 unspecified atom stereocenters. The first-order valence-electron chi connectivity index (χ1n) is 11.3. The second-order valence-electron chi connectivity index (χ2n) is 9.71. The maximum Gasteiger partial charge on any atom is 0.134 e. The first-order chi connectivity index (χ1) is 14.2. The molecular formula is C28H34OS. The zero-order valence-corrected chi connectivity index (χ0v) is 20.2. The van der Waals surface area contributed by atoms with Gasteiger partial charge in [-0.25, -0.2) is 0 Å². The van der Waals surface area contributed by atoms with Crippen LogP contribution in [-0.2, 0) is 6.42 Å². The summed E-state index contributed by atoms with van der Waals surface area (Å²) in [4.78, 5) is 1.48. The fourth-order valence-electron chi connectivity index (χ4n) is 4.46. The smallest absolute Gasteiger partial charge is 0.134 e. The molecule has 2 heteroatoms. The monoisotopic (exact) mass is 418 g/mol. The average Bonchev–Trinajstić information content (AvgIpc) is 3.30. The molecule has 0 radical (unpaired) electrons. The maximum absolute atomic E-state index is 6.26. The van der Waals surface area contributed by atoms with Crippen LogP contribution in [0.25, 0.3) is 21.1 Å². The molecule has 1 nitrogen and oxygen atoms in total. The highest BCUT2D eigenvalue weighted by Gasteiger charge is 2.19. The molecule has 2 heterocycles. The molecule has 0 aliphatic heterocycles. The molecule has 0 saturated heterocycles. The summed E-state index contributed by atoms with van der Waals surface area (Å²) < 4.78 is 7.68. The van der Waals surface area contributed by atoms with E-state index in [0.29, 0.717) is 23.7 Å². The van der Waals surface area contributed by atoms with Crippen LogP contribution in [0.3, 0.4) is 0 Å². The lowest BCUT2D eigenvalue weighted by Gasteiger charge is -2.17. The highest BCUT2D eigenvalue weighted by Crippen LogP contribution is 2.39. The van der Waals surface area contributed by atoms with Gasteiger partial charge in [-0.15, -0.1) is 11.3 Å². The second-order valence-corrected chi connectivity index (χ2v) is 10.8. The summed E-state index contributed by atoms with van der Waals surface area (Å²) in [6.07, 6.45) is 1.01. The van der Waals surface area contributed by atoms with Crippen LogP contribution < -0.4 is 0 Å². The number of hydrogen-bond acceptors (Lipinski definition) is 2. The quantitative estimate of drug-likeness (QED) is 0.304. The molecule has 158 valence electrons. The van der Waals surface area contributed by atoms with Crippen LogP contribution in [0, 0.1) is 0 Å². The van der Waals surface area contributed by atoms with Gasteiger partial charge in [-0.1, -0.05) is 60.6 Å². The third kappa shape index (κ3) is 3.95. The van der Waals surface area contributed by atoms with Gasteiger partial charge in [0.25, 0.3) is 0 Å². The van der Waals surface area contributed by atoms with Crippen LogP contribution in [0.5, 0.6) is 0 Å². The van der Waals surface area contributed by atoms with E-state index in [9.17, 15) is 0 Å². The Labute approximate surface area is 185 Å². The summed E-state index contributed by atoms with van der Waals surface area (Å²) in [7, 11) is 0. The van der Waals surface area contributed by atoms with Crippen molar-refractivity contribution in [1.29, 1.82) is 0 Å². The molecule has 2 aromatic carbocycles. The van der Waals surface area contributed by atoms with Crippen molar-refractivity contribution in [3.05, 3.63) is 69.8 Å². The van der Waals surface area contributed by atoms with Crippen molar-refractivity contribution in [2.24, 2.45) is 0 Å². The van der Waals surface area contributed by atoms with Gasteiger partial charge in [-0.2, -0.15) is 0 Å². The summed E-state index contributed by atoms with van der Waals surface area (Å²) in [5.41, 5.74) is 5.34. The number of furan rings is 1. The van der Waals surface area contributed by atoms with E-state index in [0.717, 1.165) is 17.8 Å². The number of hydrogen-bond donors (Lipinski definition) is 0. The Kier molecular flexibility index (Phi) is 5.81. The first-order valence-corrected chi connectivity index (χ1v) is 12.1. The van der Waals surface area contributed by atoms with Gasteiger partial charge in [-0.05, 0) is 76.6 Å². The fourth-order valence-corrected chi connectivity index (χ4v) is 5.54. The SMILES string of the molecule is CC(C)c1ccc2oc([C@H](C)Cc3ccc4sc(C(C)C)cc4c3C(C)C)cc2c1. The van der Waals surface area contributed by atoms with Crippen LogP contribution in [-0.4, -0.2) is 0 Å². The van der Waals surface area contributed by atoms with E-state index in [-0.39, 0.29) is 0 Å². The molecule has 0 spiro atoms. The number of thiophene rings is 1. The van der Waals surface area contributed by atoms with Gasteiger partial charge in [0.05, 0.1) is 0 Å². The predicted octanol–water partition coefficient (Wildman–Crippen LogP) is 9.36. The number of rotatable bonds is 6. The number of fused-ring (bicyclic) bond motifs is 2. The molecule has 0 N–H and O–H groups in total. The summed E-state index contributed by atoms with van der Waals surface area (Å²) in [6.45, 7) is 16.0. The summed E-state index contributed by atoms with van der Waals surface area (Å²) >= 11 is 1.95. The van der Waals surface area contributed by atoms with E-state index >= 15 is 0 Å². The number of benzene rings is 2. The van der Waals surface area contributed by atoms with Crippen molar-refractivity contribution in [3.63, 3.8) is 0 Å². The van der Waals surface area contributed by atoms with E-state index in [2.05, 4.69) is 90.9 Å². The Hall–Kier alpha value is -2.06. The van der Waals surface area contributed by atoms with E-state index in [1.54, 1.807) is 0 Å². The normalized spacial score (nSPS) is 13.4. The van der Waals surface area contributed by atoms with E-state index in [1.165, 1.54) is 37.0 Å². The van der Waals surface area contributed by atoms with Crippen LogP contribution >= 0.6 is 11.3 Å². The summed E-state index contributed by atoms with van der Waals surface area (Å²) in [5, 5.41) is 2.68. The molecule has 0 aliphatic rings. The summed E-state index contributed by atoms with van der Waals surface area (Å²) in [6, 6.07) is 16.0. The first kappa shape index (κ1) is 21.2. The molecule has 4 aromatic rings. The second kappa shape index (κ2) is 8.23. The Morgan fingerprint density at radius 1 is 0.800 bits per heavy atom. The topological polar surface area (TPSA) is 13.1 Å². The van der Waals surface area contributed by atoms with Gasteiger partial charge in [0.1, 0.15) is 11.3 Å². The molecule has 4 rings (SSSR count). The lowest BCUT2D eigenvalue weighted by atomic mass is 9.88. The van der Waals surface area contributed by atoms with Crippen LogP contribution in [0.1, 0.15) is 99.5 Å². The predicted molar refractivity (Wildman–Crippen MR) is 132 cm³/mol. The minimum absolute atomic E-state index is 0.345. The van der Waals surface area contributed by atoms with Crippen molar-refractivity contribution in [2.75, 3.05) is 0 Å². The lowest BCUT2D eigenvalue weighted by Crippen LogP contribution is -2.02. The molecular weight excluding hydrogens is 384 g/mol. The van der Waals surface area contributed by atoms with Gasteiger partial charge in [-0.3, -0.25) is 0 Å². The Morgan fingerprint density at radius 2 is 1.57 bits per heavy atom. The van der Waals surface area contributed by atoms with Gasteiger partial charge in [0.2, 0.25) is 0 Å². The molecule has 1 atom stereocenters. The molecule has 0 aliphatic carbocycles. The maximum atomic E-state index is 6.26. The highest BCUT2D eigenvalue weighted by atomic mass is 32.1. The van der Waals surface area contributed by atoms with Crippen molar-refractivity contribution in [2.45, 2.75) is 78.6 Å². The average molecular weight is 419 g/mol. The van der Waals surface area contributed by atoms with Crippen molar-refractivity contribution in [1.82, 2.24) is 0 Å². The van der Waals surface area contributed by atoms with Gasteiger partial charge in [0, 0.05) is 20.9 Å². The van der Waals surface area contributed by atoms with Crippen molar-refractivity contribution >= 4 is 32.4 Å². The third-order valence-corrected chi connectivity index (χ3v) is 7.64. The molecule has 0 fully saturated rings. The highest BCUT2D eigenvalue weighted by molar-refractivity contribution is 7.19. The van der Waals surface area contributed by atoms with E-state index in [1.807, 2.05) is 11.3 Å². The minimum atomic E-state index is 0.345. The van der Waals surface area contributed by atoms with Gasteiger partial charge in [0.15, 0.2) is 0 Å². The standard InChI is InChI=1S/C28H34OS/c1-16(2)20-8-10-24-22(13-20)14-25(29-24)19(7)12-21-9-11-26-23(28(21)18(5)6)15-27(30-26)17(3)4/h8-11,13-19H,12H2,1-7H3/t19-/m1/s1. The Balaban J connectivity index is 1.69. The zero-order valence-electron chi connectivity index (χ0n) is 19.4. The molecule has 0 amide bonds. The molecule has 0 bridgehead atoms. The fraction of sp³-hybridized carbons (Fsp3) is 0.429. The minimum Gasteiger partial charge on any atom is -0.461 e. The summed E-state index contributed by atoms with van der Waals surface area (Å²) in [5.74, 6) is 3.06. The van der Waals surface area contributed by atoms with Crippen LogP contribution in [0.4, 0.5) is 0 Å².